The van der Waals surface area contributed by atoms with Gasteiger partial charge in [0.2, 0.25) is 0 Å². The van der Waals surface area contributed by atoms with Gasteiger partial charge in [-0.1, -0.05) is 117 Å². The first-order valence-electron chi connectivity index (χ1n) is 20.8. The molecular formula is C41H77N3O5. The topological polar surface area (TPSA) is 108 Å². The molecule has 0 bridgehead atoms. The van der Waals surface area contributed by atoms with Crippen LogP contribution in [-0.4, -0.2) is 61.9 Å². The molecular weight excluding hydrogens is 614 g/mol. The molecule has 1 aromatic rings. The van der Waals surface area contributed by atoms with Crippen molar-refractivity contribution in [3.63, 3.8) is 0 Å². The average Bonchev–Trinajstić information content (AvgIpc) is 3.10. The second-order valence-electron chi connectivity index (χ2n) is 14.4. The van der Waals surface area contributed by atoms with Crippen LogP contribution in [0.3, 0.4) is 0 Å². The normalized spacial score (nSPS) is 11.6. The maximum atomic E-state index is 12.7. The highest BCUT2D eigenvalue weighted by Crippen LogP contribution is 2.19. The number of unbranched alkanes of at least 4 members (excludes halogenated alkanes) is 19. The van der Waals surface area contributed by atoms with E-state index >= 15 is 0 Å². The molecule has 0 saturated heterocycles. The van der Waals surface area contributed by atoms with Crippen molar-refractivity contribution in [3.8, 4) is 0 Å². The van der Waals surface area contributed by atoms with Crippen molar-refractivity contribution >= 4 is 17.3 Å². The van der Waals surface area contributed by atoms with E-state index in [4.69, 9.17) is 9.84 Å². The van der Waals surface area contributed by atoms with Crippen LogP contribution in [0.15, 0.2) is 9.59 Å². The molecule has 0 spiro atoms. The summed E-state index contributed by atoms with van der Waals surface area (Å²) in [5.41, 5.74) is -0.0000152. The zero-order valence-electron chi connectivity index (χ0n) is 32.2. The fourth-order valence-corrected chi connectivity index (χ4v) is 6.73. The molecule has 1 rings (SSSR count). The zero-order chi connectivity index (χ0) is 35.8. The fourth-order valence-electron chi connectivity index (χ4n) is 6.73. The first-order chi connectivity index (χ1) is 24.0. The standard InChI is InChI=1S/C41H77N3O5/c1-4-6-8-10-13-20-28-36(29-21-14-11-9-7-5-2)49-37(46)30-22-15-12-16-24-32-44(33-25-17-18-27-35-45)34-26-19-23-31-43-39-38(42-3)40(47)41(39)48/h36,42-43,45H,4-35H2,1-3H3. The van der Waals surface area contributed by atoms with Gasteiger partial charge in [0.1, 0.15) is 17.5 Å². The number of aliphatic hydroxyl groups excluding tert-OH is 1. The lowest BCUT2D eigenvalue weighted by Gasteiger charge is -2.22. The van der Waals surface area contributed by atoms with E-state index in [1.54, 1.807) is 7.05 Å². The number of hydrogen-bond acceptors (Lipinski definition) is 8. The molecule has 0 saturated carbocycles. The van der Waals surface area contributed by atoms with Gasteiger partial charge in [0.05, 0.1) is 0 Å². The summed E-state index contributed by atoms with van der Waals surface area (Å²) in [7, 11) is 1.67. The van der Waals surface area contributed by atoms with Crippen LogP contribution < -0.4 is 21.5 Å². The number of carbonyl (C=O) groups excluding carboxylic acids is 1. The molecule has 8 nitrogen and oxygen atoms in total. The largest absolute Gasteiger partial charge is 0.462 e. The van der Waals surface area contributed by atoms with Crippen molar-refractivity contribution in [2.75, 3.05) is 50.5 Å². The number of aliphatic hydroxyl groups is 1. The summed E-state index contributed by atoms with van der Waals surface area (Å²) in [5.74, 6) is 0.0107. The van der Waals surface area contributed by atoms with Crippen LogP contribution in [0.25, 0.3) is 0 Å². The van der Waals surface area contributed by atoms with Crippen molar-refractivity contribution in [1.29, 1.82) is 0 Å². The number of nitrogens with one attached hydrogen (secondary N) is 2. The van der Waals surface area contributed by atoms with Crippen LogP contribution in [0.2, 0.25) is 0 Å². The summed E-state index contributed by atoms with van der Waals surface area (Å²) in [6, 6.07) is 0. The predicted molar refractivity (Wildman–Crippen MR) is 209 cm³/mol. The van der Waals surface area contributed by atoms with E-state index in [0.29, 0.717) is 24.3 Å². The van der Waals surface area contributed by atoms with Crippen LogP contribution in [0.4, 0.5) is 11.4 Å². The van der Waals surface area contributed by atoms with Crippen molar-refractivity contribution < 1.29 is 14.6 Å². The summed E-state index contributed by atoms with van der Waals surface area (Å²) >= 11 is 0. The molecule has 0 heterocycles. The van der Waals surface area contributed by atoms with Crippen LogP contribution >= 0.6 is 0 Å². The quantitative estimate of drug-likeness (QED) is 0.0360. The minimum Gasteiger partial charge on any atom is -0.462 e. The van der Waals surface area contributed by atoms with Gasteiger partial charge in [0, 0.05) is 26.6 Å². The highest BCUT2D eigenvalue weighted by molar-refractivity contribution is 5.73. The zero-order valence-corrected chi connectivity index (χ0v) is 32.2. The van der Waals surface area contributed by atoms with Gasteiger partial charge in [0.15, 0.2) is 0 Å². The van der Waals surface area contributed by atoms with Gasteiger partial charge in [-0.25, -0.2) is 0 Å². The van der Waals surface area contributed by atoms with Crippen LogP contribution in [-0.2, 0) is 9.53 Å². The first-order valence-corrected chi connectivity index (χ1v) is 20.8. The van der Waals surface area contributed by atoms with Gasteiger partial charge in [-0.3, -0.25) is 14.4 Å². The fraction of sp³-hybridized carbons (Fsp3) is 0.878. The van der Waals surface area contributed by atoms with Gasteiger partial charge in [-0.2, -0.15) is 0 Å². The molecule has 0 aliphatic heterocycles. The van der Waals surface area contributed by atoms with Crippen molar-refractivity contribution in [2.24, 2.45) is 0 Å². The third kappa shape index (κ3) is 23.2. The maximum Gasteiger partial charge on any atom is 0.306 e. The molecule has 3 N–H and O–H groups in total. The SMILES string of the molecule is CCCCCCCCC(CCCCCCCC)OC(=O)CCCCCCCN(CCCCCCO)CCCCCNc1c(NC)c(=O)c1=O. The molecule has 286 valence electrons. The summed E-state index contributed by atoms with van der Waals surface area (Å²) in [4.78, 5) is 38.6. The molecule has 8 heteroatoms. The number of carbonyl (C=O) groups is 1. The minimum atomic E-state index is -0.427. The average molecular weight is 692 g/mol. The van der Waals surface area contributed by atoms with Gasteiger partial charge < -0.3 is 25.4 Å². The van der Waals surface area contributed by atoms with Gasteiger partial charge in [0.25, 0.3) is 10.9 Å². The molecule has 0 fully saturated rings. The van der Waals surface area contributed by atoms with Crippen LogP contribution in [0.5, 0.6) is 0 Å². The van der Waals surface area contributed by atoms with Crippen LogP contribution in [0, 0.1) is 0 Å². The van der Waals surface area contributed by atoms with Crippen molar-refractivity contribution in [2.45, 2.75) is 193 Å². The molecule has 1 aromatic carbocycles. The Hall–Kier alpha value is -1.93. The third-order valence-corrected chi connectivity index (χ3v) is 9.91. The second-order valence-corrected chi connectivity index (χ2v) is 14.4. The van der Waals surface area contributed by atoms with E-state index in [1.165, 1.54) is 96.3 Å². The Morgan fingerprint density at radius 2 is 1.06 bits per heavy atom. The summed E-state index contributed by atoms with van der Waals surface area (Å²) < 4.78 is 6.03. The van der Waals surface area contributed by atoms with E-state index in [-0.39, 0.29) is 18.7 Å². The Bertz CT molecular complexity index is 961. The molecule has 0 aliphatic rings. The second kappa shape index (κ2) is 32.0. The summed E-state index contributed by atoms with van der Waals surface area (Å²) in [6.45, 7) is 8.78. The van der Waals surface area contributed by atoms with E-state index in [2.05, 4.69) is 29.4 Å². The highest BCUT2D eigenvalue weighted by atomic mass is 16.5. The first kappa shape index (κ1) is 45.1. The monoisotopic (exact) mass is 692 g/mol. The van der Waals surface area contributed by atoms with Gasteiger partial charge in [-0.15, -0.1) is 0 Å². The molecule has 0 aromatic heterocycles. The smallest absolute Gasteiger partial charge is 0.306 e. The molecule has 0 amide bonds. The van der Waals surface area contributed by atoms with E-state index < -0.39 is 10.9 Å². The lowest BCUT2D eigenvalue weighted by molar-refractivity contribution is -0.150. The Morgan fingerprint density at radius 3 is 1.59 bits per heavy atom. The molecule has 49 heavy (non-hydrogen) atoms. The van der Waals surface area contributed by atoms with E-state index in [0.717, 1.165) is 90.3 Å². The number of esters is 1. The number of rotatable bonds is 37. The minimum absolute atomic E-state index is 0.0107. The Morgan fingerprint density at radius 1 is 0.612 bits per heavy atom. The van der Waals surface area contributed by atoms with E-state index in [9.17, 15) is 14.4 Å². The highest BCUT2D eigenvalue weighted by Gasteiger charge is 2.19. The molecule has 0 atom stereocenters. The van der Waals surface area contributed by atoms with Gasteiger partial charge >= 0.3 is 5.97 Å². The molecule has 0 unspecified atom stereocenters. The van der Waals surface area contributed by atoms with Crippen molar-refractivity contribution in [3.05, 3.63) is 20.4 Å². The lowest BCUT2D eigenvalue weighted by atomic mass is 10.0. The van der Waals surface area contributed by atoms with Gasteiger partial charge in [-0.05, 0) is 83.8 Å². The Kier molecular flexibility index (Phi) is 29.5. The van der Waals surface area contributed by atoms with Crippen molar-refractivity contribution in [1.82, 2.24) is 4.90 Å². The Balaban J connectivity index is 2.29. The summed E-state index contributed by atoms with van der Waals surface area (Å²) in [5, 5.41) is 15.0. The lowest BCUT2D eigenvalue weighted by Crippen LogP contribution is -2.36. The molecule has 0 aliphatic carbocycles. The summed E-state index contributed by atoms with van der Waals surface area (Å²) in [6.07, 6.45) is 31.0. The third-order valence-electron chi connectivity index (χ3n) is 9.91. The number of hydrogen-bond donors (Lipinski definition) is 3. The predicted octanol–water partition coefficient (Wildman–Crippen LogP) is 9.51. The maximum absolute atomic E-state index is 12.7. The number of anilines is 2. The number of ether oxygens (including phenoxy) is 1. The van der Waals surface area contributed by atoms with Crippen LogP contribution in [0.1, 0.15) is 187 Å². The number of nitrogens with zero attached hydrogens (tertiary/aromatic N) is 1. The van der Waals surface area contributed by atoms with E-state index in [1.807, 2.05) is 0 Å². The molecule has 0 radical (unpaired) electrons. The Labute approximate surface area is 300 Å².